The Morgan fingerprint density at radius 1 is 1.45 bits per heavy atom. The van der Waals surface area contributed by atoms with Gasteiger partial charge in [-0.25, -0.2) is 4.68 Å². The van der Waals surface area contributed by atoms with Crippen LogP contribution in [0.5, 0.6) is 0 Å². The largest absolute Gasteiger partial charge is 0.471 e. The molecule has 22 heavy (non-hydrogen) atoms. The number of hydrogen-bond donors (Lipinski definition) is 1. The number of nitrogens with one attached hydrogen (secondary N) is 1. The molecule has 124 valence electrons. The van der Waals surface area contributed by atoms with E-state index in [9.17, 15) is 18.0 Å². The normalized spacial score (nSPS) is 19.5. The maximum Gasteiger partial charge on any atom is 0.471 e. The summed E-state index contributed by atoms with van der Waals surface area (Å²) in [5, 5.41) is 6.23. The number of rotatable bonds is 3. The molecule has 0 aromatic carbocycles. The highest BCUT2D eigenvalue weighted by Gasteiger charge is 2.39. The molecule has 1 saturated heterocycles. The molecule has 0 bridgehead atoms. The number of anilines is 1. The molecule has 0 radical (unpaired) electrons. The van der Waals surface area contributed by atoms with Crippen LogP contribution >= 0.6 is 0 Å². The van der Waals surface area contributed by atoms with E-state index in [0.29, 0.717) is 18.8 Å². The molecule has 0 saturated carbocycles. The molecule has 1 amide bonds. The Balaban J connectivity index is 2.24. The average molecular weight is 319 g/mol. The highest BCUT2D eigenvalue weighted by molar-refractivity contribution is 5.94. The summed E-state index contributed by atoms with van der Waals surface area (Å²) in [6, 6.07) is 1.48. The summed E-state index contributed by atoms with van der Waals surface area (Å²) in [6.45, 7) is 6.68. The van der Waals surface area contributed by atoms with Gasteiger partial charge in [-0.05, 0) is 12.8 Å². The van der Waals surface area contributed by atoms with Gasteiger partial charge >= 0.3 is 12.1 Å². The second-order valence-electron chi connectivity index (χ2n) is 6.43. The first-order valence-electron chi connectivity index (χ1n) is 7.15. The third kappa shape index (κ3) is 4.00. The molecule has 1 aliphatic heterocycles. The molecule has 0 aliphatic carbocycles. The molecule has 2 heterocycles. The fourth-order valence-corrected chi connectivity index (χ4v) is 2.19. The summed E-state index contributed by atoms with van der Waals surface area (Å²) in [6.07, 6.45) is -3.27. The first-order chi connectivity index (χ1) is 10.1. The van der Waals surface area contributed by atoms with Gasteiger partial charge in [0.05, 0.1) is 18.3 Å². The molecule has 8 heteroatoms. The van der Waals surface area contributed by atoms with Crippen molar-refractivity contribution < 1.29 is 22.7 Å². The second-order valence-corrected chi connectivity index (χ2v) is 6.43. The number of alkyl halides is 3. The van der Waals surface area contributed by atoms with E-state index >= 15 is 0 Å². The fourth-order valence-electron chi connectivity index (χ4n) is 2.19. The SMILES string of the molecule is CC(C)(C)c1cc(NC(=O)C(F)(F)F)n(C[C@H]2CCCO2)n1. The zero-order valence-electron chi connectivity index (χ0n) is 12.8. The molecule has 0 unspecified atom stereocenters. The molecule has 1 atom stereocenters. The highest BCUT2D eigenvalue weighted by atomic mass is 19.4. The van der Waals surface area contributed by atoms with Crippen molar-refractivity contribution >= 4 is 11.7 Å². The molecular formula is C14H20F3N3O2. The maximum atomic E-state index is 12.4. The molecule has 1 N–H and O–H groups in total. The molecular weight excluding hydrogens is 299 g/mol. The molecule has 0 spiro atoms. The lowest BCUT2D eigenvalue weighted by Gasteiger charge is -2.15. The van der Waals surface area contributed by atoms with Crippen molar-refractivity contribution in [1.82, 2.24) is 9.78 Å². The van der Waals surface area contributed by atoms with Crippen molar-refractivity contribution in [3.05, 3.63) is 11.8 Å². The summed E-state index contributed by atoms with van der Waals surface area (Å²) in [5.74, 6) is -1.95. The lowest BCUT2D eigenvalue weighted by Crippen LogP contribution is -2.31. The van der Waals surface area contributed by atoms with E-state index < -0.39 is 12.1 Å². The molecule has 1 aliphatic rings. The zero-order valence-corrected chi connectivity index (χ0v) is 12.8. The van der Waals surface area contributed by atoms with Crippen molar-refractivity contribution in [3.63, 3.8) is 0 Å². The van der Waals surface area contributed by atoms with Crippen molar-refractivity contribution in [2.75, 3.05) is 11.9 Å². The van der Waals surface area contributed by atoms with Crippen molar-refractivity contribution in [1.29, 1.82) is 0 Å². The molecule has 1 aromatic heterocycles. The maximum absolute atomic E-state index is 12.4. The van der Waals surface area contributed by atoms with Crippen molar-refractivity contribution in [2.24, 2.45) is 0 Å². The van der Waals surface area contributed by atoms with Gasteiger partial charge in [-0.15, -0.1) is 0 Å². The van der Waals surface area contributed by atoms with Gasteiger partial charge < -0.3 is 10.1 Å². The lowest BCUT2D eigenvalue weighted by atomic mass is 9.92. The van der Waals surface area contributed by atoms with Crippen LogP contribution < -0.4 is 5.32 Å². The number of halogens is 3. The first kappa shape index (κ1) is 16.8. The number of nitrogens with zero attached hydrogens (tertiary/aromatic N) is 2. The van der Waals surface area contributed by atoms with Gasteiger partial charge in [-0.3, -0.25) is 4.79 Å². The Morgan fingerprint density at radius 2 is 2.14 bits per heavy atom. The smallest absolute Gasteiger partial charge is 0.376 e. The van der Waals surface area contributed by atoms with E-state index in [1.807, 2.05) is 26.1 Å². The van der Waals surface area contributed by atoms with Crippen LogP contribution in [0.4, 0.5) is 19.0 Å². The molecule has 5 nitrogen and oxygen atoms in total. The Bertz CT molecular complexity index is 541. The number of ether oxygens (including phenoxy) is 1. The van der Waals surface area contributed by atoms with E-state index in [4.69, 9.17) is 4.74 Å². The minimum absolute atomic E-state index is 0.0442. The van der Waals surface area contributed by atoms with E-state index in [-0.39, 0.29) is 17.3 Å². The third-order valence-corrected chi connectivity index (χ3v) is 3.45. The van der Waals surface area contributed by atoms with Gasteiger partial charge in [0.15, 0.2) is 0 Å². The van der Waals surface area contributed by atoms with E-state index in [1.54, 1.807) is 0 Å². The van der Waals surface area contributed by atoms with Crippen LogP contribution in [0.1, 0.15) is 39.3 Å². The van der Waals surface area contributed by atoms with Gasteiger partial charge in [-0.2, -0.15) is 18.3 Å². The topological polar surface area (TPSA) is 56.2 Å². The molecule has 2 rings (SSSR count). The summed E-state index contributed by atoms with van der Waals surface area (Å²) >= 11 is 0. The predicted molar refractivity (Wildman–Crippen MR) is 74.6 cm³/mol. The standard InChI is InChI=1S/C14H20F3N3O2/c1-13(2,3)10-7-11(18-12(21)14(15,16)17)20(19-10)8-9-5-4-6-22-9/h7,9H,4-6,8H2,1-3H3,(H,18,21)/t9-/m1/s1. The number of carbonyl (C=O) groups is 1. The van der Waals surface area contributed by atoms with Crippen LogP contribution in [-0.2, 0) is 21.5 Å². The summed E-state index contributed by atoms with van der Waals surface area (Å²) in [5.41, 5.74) is 0.280. The van der Waals surface area contributed by atoms with Crippen LogP contribution in [0.2, 0.25) is 0 Å². The number of amides is 1. The van der Waals surface area contributed by atoms with E-state index in [0.717, 1.165) is 12.8 Å². The van der Waals surface area contributed by atoms with Gasteiger partial charge in [0, 0.05) is 18.1 Å². The highest BCUT2D eigenvalue weighted by Crippen LogP contribution is 2.26. The van der Waals surface area contributed by atoms with Crippen LogP contribution in [0.15, 0.2) is 6.07 Å². The Morgan fingerprint density at radius 3 is 2.64 bits per heavy atom. The fraction of sp³-hybridized carbons (Fsp3) is 0.714. The minimum Gasteiger partial charge on any atom is -0.376 e. The summed E-state index contributed by atoms with van der Waals surface area (Å²) < 4.78 is 44.2. The quantitative estimate of drug-likeness (QED) is 0.932. The average Bonchev–Trinajstić information content (AvgIpc) is 2.98. The van der Waals surface area contributed by atoms with Gasteiger partial charge in [0.1, 0.15) is 5.82 Å². The van der Waals surface area contributed by atoms with Gasteiger partial charge in [-0.1, -0.05) is 20.8 Å². The predicted octanol–water partition coefficient (Wildman–Crippen LogP) is 2.86. The van der Waals surface area contributed by atoms with Crippen LogP contribution in [0.3, 0.4) is 0 Å². The Labute approximate surface area is 126 Å². The third-order valence-electron chi connectivity index (χ3n) is 3.45. The first-order valence-corrected chi connectivity index (χ1v) is 7.15. The zero-order chi connectivity index (χ0) is 16.5. The van der Waals surface area contributed by atoms with Gasteiger partial charge in [0.2, 0.25) is 0 Å². The van der Waals surface area contributed by atoms with Crippen molar-refractivity contribution in [2.45, 2.75) is 57.9 Å². The molecule has 1 fully saturated rings. The second kappa shape index (κ2) is 5.91. The minimum atomic E-state index is -4.93. The van der Waals surface area contributed by atoms with E-state index in [1.165, 1.54) is 10.7 Å². The van der Waals surface area contributed by atoms with Crippen LogP contribution in [-0.4, -0.2) is 34.6 Å². The number of aromatic nitrogens is 2. The lowest BCUT2D eigenvalue weighted by molar-refractivity contribution is -0.167. The van der Waals surface area contributed by atoms with E-state index in [2.05, 4.69) is 5.10 Å². The summed E-state index contributed by atoms with van der Waals surface area (Å²) in [7, 11) is 0. The van der Waals surface area contributed by atoms with Crippen LogP contribution in [0, 0.1) is 0 Å². The Hall–Kier alpha value is -1.57. The molecule has 1 aromatic rings. The van der Waals surface area contributed by atoms with Gasteiger partial charge in [0.25, 0.3) is 0 Å². The Kier molecular flexibility index (Phi) is 4.51. The number of hydrogen-bond acceptors (Lipinski definition) is 3. The van der Waals surface area contributed by atoms with Crippen LogP contribution in [0.25, 0.3) is 0 Å². The monoisotopic (exact) mass is 319 g/mol. The number of carbonyl (C=O) groups excluding carboxylic acids is 1. The van der Waals surface area contributed by atoms with Crippen molar-refractivity contribution in [3.8, 4) is 0 Å². The summed E-state index contributed by atoms with van der Waals surface area (Å²) in [4.78, 5) is 11.2.